The summed E-state index contributed by atoms with van der Waals surface area (Å²) in [5.41, 5.74) is 10.4. The molecule has 1 unspecified atom stereocenters. The highest BCUT2D eigenvalue weighted by molar-refractivity contribution is 5.97. The molecule has 0 aliphatic carbocycles. The summed E-state index contributed by atoms with van der Waals surface area (Å²) in [6.45, 7) is 0.571. The van der Waals surface area contributed by atoms with Gasteiger partial charge in [0.05, 0.1) is 19.2 Å². The van der Waals surface area contributed by atoms with Gasteiger partial charge in [-0.05, 0) is 47.0 Å². The van der Waals surface area contributed by atoms with E-state index in [2.05, 4.69) is 16.0 Å². The van der Waals surface area contributed by atoms with Gasteiger partial charge in [0.25, 0.3) is 0 Å². The zero-order valence-electron chi connectivity index (χ0n) is 26.0. The smallest absolute Gasteiger partial charge is 0.247 e. The summed E-state index contributed by atoms with van der Waals surface area (Å²) in [7, 11) is 1.53. The van der Waals surface area contributed by atoms with Crippen molar-refractivity contribution >= 4 is 29.0 Å². The van der Waals surface area contributed by atoms with E-state index in [1.54, 1.807) is 36.4 Å². The van der Waals surface area contributed by atoms with Crippen molar-refractivity contribution < 1.29 is 19.1 Å². The Balaban J connectivity index is 1.53. The number of hydrogen-bond acceptors (Lipinski definition) is 6. The summed E-state index contributed by atoms with van der Waals surface area (Å²) in [4.78, 5) is 27.4. The number of carbonyl (C=O) groups is 2. The minimum atomic E-state index is -0.967. The predicted octanol–water partition coefficient (Wildman–Crippen LogP) is 6.21. The predicted molar refractivity (Wildman–Crippen MR) is 185 cm³/mol. The van der Waals surface area contributed by atoms with E-state index in [1.807, 2.05) is 91.0 Å². The molecule has 0 fully saturated rings. The van der Waals surface area contributed by atoms with Crippen molar-refractivity contribution in [2.24, 2.45) is 5.73 Å². The van der Waals surface area contributed by atoms with E-state index in [9.17, 15) is 9.59 Å². The van der Waals surface area contributed by atoms with Crippen LogP contribution in [0, 0.1) is 5.41 Å². The molecule has 0 aliphatic rings. The number of amidine groups is 1. The number of methoxy groups -OCH3 is 1. The average molecular weight is 628 g/mol. The monoisotopic (exact) mass is 627 g/mol. The number of rotatable bonds is 14. The fourth-order valence-electron chi connectivity index (χ4n) is 4.99. The Morgan fingerprint density at radius 3 is 1.96 bits per heavy atom. The fourth-order valence-corrected chi connectivity index (χ4v) is 4.99. The molecule has 47 heavy (non-hydrogen) atoms. The molecule has 6 N–H and O–H groups in total. The Bertz CT molecular complexity index is 1800. The Hall–Kier alpha value is -6.09. The lowest BCUT2D eigenvalue weighted by Crippen LogP contribution is -2.34. The number of nitrogens with one attached hydrogen (secondary N) is 4. The van der Waals surface area contributed by atoms with E-state index in [1.165, 1.54) is 7.11 Å². The van der Waals surface area contributed by atoms with Crippen LogP contribution in [0.2, 0.25) is 0 Å². The van der Waals surface area contributed by atoms with Crippen molar-refractivity contribution in [1.82, 2.24) is 5.32 Å². The lowest BCUT2D eigenvalue weighted by Gasteiger charge is -2.25. The van der Waals surface area contributed by atoms with E-state index in [-0.39, 0.29) is 30.7 Å². The molecule has 0 bridgehead atoms. The number of anilines is 2. The molecule has 0 saturated carbocycles. The summed E-state index contributed by atoms with van der Waals surface area (Å²) in [5, 5.41) is 17.1. The van der Waals surface area contributed by atoms with Gasteiger partial charge in [0.1, 0.15) is 18.5 Å². The molecule has 0 radical (unpaired) electrons. The Labute approximate surface area is 274 Å². The van der Waals surface area contributed by atoms with Gasteiger partial charge in [0.15, 0.2) is 11.5 Å². The van der Waals surface area contributed by atoms with Gasteiger partial charge in [0.2, 0.25) is 11.8 Å². The van der Waals surface area contributed by atoms with Gasteiger partial charge in [-0.15, -0.1) is 0 Å². The first-order chi connectivity index (χ1) is 22.9. The van der Waals surface area contributed by atoms with Crippen molar-refractivity contribution in [3.63, 3.8) is 0 Å². The second kappa shape index (κ2) is 15.8. The largest absolute Gasteiger partial charge is 0.493 e. The van der Waals surface area contributed by atoms with Crippen LogP contribution >= 0.6 is 0 Å². The molecule has 9 nitrogen and oxygen atoms in total. The number of nitrogens with two attached hydrogens (primary N) is 1. The van der Waals surface area contributed by atoms with Crippen molar-refractivity contribution in [3.8, 4) is 11.5 Å². The third-order valence-corrected chi connectivity index (χ3v) is 7.44. The highest BCUT2D eigenvalue weighted by Crippen LogP contribution is 2.38. The van der Waals surface area contributed by atoms with E-state index in [4.69, 9.17) is 20.6 Å². The molecule has 5 aromatic carbocycles. The van der Waals surface area contributed by atoms with Crippen LogP contribution in [0.1, 0.15) is 33.9 Å². The van der Waals surface area contributed by atoms with Crippen LogP contribution in [-0.4, -0.2) is 24.8 Å². The molecule has 238 valence electrons. The van der Waals surface area contributed by atoms with E-state index < -0.39 is 6.04 Å². The molecule has 5 rings (SSSR count). The zero-order valence-corrected chi connectivity index (χ0v) is 26.0. The van der Waals surface area contributed by atoms with E-state index in [0.29, 0.717) is 40.5 Å². The van der Waals surface area contributed by atoms with Crippen molar-refractivity contribution in [2.75, 3.05) is 17.7 Å². The quantitative estimate of drug-likeness (QED) is 0.0733. The maximum Gasteiger partial charge on any atom is 0.247 e. The van der Waals surface area contributed by atoms with Crippen LogP contribution in [0.4, 0.5) is 11.4 Å². The second-order valence-corrected chi connectivity index (χ2v) is 10.8. The molecule has 0 spiro atoms. The summed E-state index contributed by atoms with van der Waals surface area (Å²) in [6.07, 6.45) is 0.136. The Morgan fingerprint density at radius 1 is 0.766 bits per heavy atom. The first-order valence-corrected chi connectivity index (χ1v) is 15.1. The molecule has 1 atom stereocenters. The molecular weight excluding hydrogens is 590 g/mol. The van der Waals surface area contributed by atoms with Crippen LogP contribution in [0.3, 0.4) is 0 Å². The molecule has 0 aliphatic heterocycles. The van der Waals surface area contributed by atoms with Gasteiger partial charge < -0.3 is 31.2 Å². The van der Waals surface area contributed by atoms with Crippen LogP contribution in [-0.2, 0) is 29.2 Å². The Kier molecular flexibility index (Phi) is 10.8. The zero-order chi connectivity index (χ0) is 33.0. The van der Waals surface area contributed by atoms with Crippen molar-refractivity contribution in [2.45, 2.75) is 25.6 Å². The summed E-state index contributed by atoms with van der Waals surface area (Å²) >= 11 is 0. The van der Waals surface area contributed by atoms with Gasteiger partial charge in [-0.3, -0.25) is 15.0 Å². The maximum absolute atomic E-state index is 14.0. The summed E-state index contributed by atoms with van der Waals surface area (Å²) < 4.78 is 11.9. The fraction of sp³-hybridized carbons (Fsp3) is 0.132. The minimum Gasteiger partial charge on any atom is -0.493 e. The molecule has 0 aromatic heterocycles. The molecule has 0 heterocycles. The third kappa shape index (κ3) is 8.98. The molecule has 5 aromatic rings. The number of benzene rings is 5. The lowest BCUT2D eigenvalue weighted by molar-refractivity contribution is -0.122. The van der Waals surface area contributed by atoms with E-state index >= 15 is 0 Å². The Morgan fingerprint density at radius 2 is 1.36 bits per heavy atom. The average Bonchev–Trinajstić information content (AvgIpc) is 3.10. The summed E-state index contributed by atoms with van der Waals surface area (Å²) in [5.74, 6) is 0.151. The SMILES string of the molecule is COc1cc(C(Nc2ccc(C(=N)N)cc2)C(=O)NCc2ccccc2)c(NC(=O)Cc2ccccc2)cc1OCc1ccccc1. The topological polar surface area (TPSA) is 139 Å². The second-order valence-electron chi connectivity index (χ2n) is 10.8. The molecule has 2 amide bonds. The van der Waals surface area contributed by atoms with Gasteiger partial charge in [-0.2, -0.15) is 0 Å². The van der Waals surface area contributed by atoms with Crippen LogP contribution in [0.25, 0.3) is 0 Å². The van der Waals surface area contributed by atoms with Crippen LogP contribution in [0.5, 0.6) is 11.5 Å². The molecule has 9 heteroatoms. The number of nitrogen functional groups attached to an aromatic ring is 1. The van der Waals surface area contributed by atoms with E-state index in [0.717, 1.165) is 16.7 Å². The van der Waals surface area contributed by atoms with Crippen LogP contribution in [0.15, 0.2) is 127 Å². The molecule has 0 saturated heterocycles. The van der Waals surface area contributed by atoms with Gasteiger partial charge >= 0.3 is 0 Å². The highest BCUT2D eigenvalue weighted by atomic mass is 16.5. The summed E-state index contributed by atoms with van der Waals surface area (Å²) in [6, 6.07) is 38.1. The van der Waals surface area contributed by atoms with Crippen LogP contribution < -0.4 is 31.2 Å². The van der Waals surface area contributed by atoms with Crippen molar-refractivity contribution in [1.29, 1.82) is 5.41 Å². The van der Waals surface area contributed by atoms with Gasteiger partial charge in [0, 0.05) is 29.4 Å². The maximum atomic E-state index is 14.0. The number of ether oxygens (including phenoxy) is 2. The van der Waals surface area contributed by atoms with Crippen molar-refractivity contribution in [3.05, 3.63) is 155 Å². The minimum absolute atomic E-state index is 0.0621. The normalized spacial score (nSPS) is 11.2. The lowest BCUT2D eigenvalue weighted by atomic mass is 10.0. The highest BCUT2D eigenvalue weighted by Gasteiger charge is 2.27. The first kappa shape index (κ1) is 32.3. The first-order valence-electron chi connectivity index (χ1n) is 15.1. The number of amides is 2. The standard InChI is InChI=1S/C38H37N5O4/c1-46-33-22-31(36(38(45)41-24-27-13-7-3-8-14-27)42-30-19-17-29(18-20-30)37(39)40)32(43-35(44)21-26-11-5-2-6-12-26)23-34(33)47-25-28-15-9-4-10-16-28/h2-20,22-23,36,42H,21,24-25H2,1H3,(H3,39,40)(H,41,45)(H,43,44). The van der Waals surface area contributed by atoms with Gasteiger partial charge in [-0.1, -0.05) is 91.0 Å². The number of carbonyl (C=O) groups excluding carboxylic acids is 2. The molecular formula is C38H37N5O4. The number of hydrogen-bond donors (Lipinski definition) is 5. The third-order valence-electron chi connectivity index (χ3n) is 7.44. The van der Waals surface area contributed by atoms with Gasteiger partial charge in [-0.25, -0.2) is 0 Å².